The van der Waals surface area contributed by atoms with E-state index in [2.05, 4.69) is 78.5 Å². The Hall–Kier alpha value is -3.25. The monoisotopic (exact) mass is 574 g/mol. The molecule has 0 saturated carbocycles. The lowest BCUT2D eigenvalue weighted by atomic mass is 9.88. The molecule has 2 aliphatic heterocycles. The van der Waals surface area contributed by atoms with Crippen molar-refractivity contribution in [3.8, 4) is 28.5 Å². The average molecular weight is 576 g/mol. The fourth-order valence-electron chi connectivity index (χ4n) is 5.69. The molecule has 0 atom stereocenters. The second-order valence-electron chi connectivity index (χ2n) is 10.2. The van der Waals surface area contributed by atoms with Gasteiger partial charge in [-0.15, -0.1) is 0 Å². The summed E-state index contributed by atoms with van der Waals surface area (Å²) in [6.07, 6.45) is 7.70. The first-order valence-electron chi connectivity index (χ1n) is 13.4. The maximum absolute atomic E-state index is 5.83. The Balaban J connectivity index is 0.00000294. The van der Waals surface area contributed by atoms with Crippen molar-refractivity contribution in [2.75, 3.05) is 25.8 Å². The fourth-order valence-corrected chi connectivity index (χ4v) is 5.69. The van der Waals surface area contributed by atoms with E-state index in [-0.39, 0.29) is 17.0 Å². The normalized spacial score (nSPS) is 13.0. The van der Waals surface area contributed by atoms with Crippen LogP contribution in [0.2, 0.25) is 0 Å². The zero-order chi connectivity index (χ0) is 25.4. The minimum Gasteiger partial charge on any atom is -1.00 e. The van der Waals surface area contributed by atoms with Crippen molar-refractivity contribution >= 4 is 16.5 Å². The highest BCUT2D eigenvalue weighted by Crippen LogP contribution is 2.43. The highest BCUT2D eigenvalue weighted by molar-refractivity contribution is 6.00. The highest BCUT2D eigenvalue weighted by atomic mass is 79.9. The summed E-state index contributed by atoms with van der Waals surface area (Å²) >= 11 is 0. The van der Waals surface area contributed by atoms with Gasteiger partial charge in [0.1, 0.15) is 5.75 Å². The van der Waals surface area contributed by atoms with Crippen molar-refractivity contribution in [1.29, 1.82) is 0 Å². The summed E-state index contributed by atoms with van der Waals surface area (Å²) in [6, 6.07) is 17.6. The molecule has 3 aromatic carbocycles. The molecule has 0 unspecified atom stereocenters. The quantitative estimate of drug-likeness (QED) is 0.258. The summed E-state index contributed by atoms with van der Waals surface area (Å²) in [7, 11) is 1.76. The molecule has 0 bridgehead atoms. The van der Waals surface area contributed by atoms with Gasteiger partial charge in [-0.05, 0) is 48.7 Å². The second-order valence-corrected chi connectivity index (χ2v) is 10.2. The SMILES string of the molecule is CCCCCNc1c(OC)ccc2c(Cc3ccc(C)cc3)c3[n+](cc12)CCc1cc2c(cc1-3)OCO2.[Br-]. The lowest BCUT2D eigenvalue weighted by Crippen LogP contribution is -3.00. The molecule has 0 saturated heterocycles. The maximum Gasteiger partial charge on any atom is 0.231 e. The molecule has 0 amide bonds. The Morgan fingerprint density at radius 3 is 2.53 bits per heavy atom. The van der Waals surface area contributed by atoms with Crippen molar-refractivity contribution in [3.63, 3.8) is 0 Å². The number of aromatic nitrogens is 1. The van der Waals surface area contributed by atoms with Crippen LogP contribution in [0.1, 0.15) is 48.4 Å². The summed E-state index contributed by atoms with van der Waals surface area (Å²) < 4.78 is 19.8. The second kappa shape index (κ2) is 11.2. The number of hydrogen-bond acceptors (Lipinski definition) is 4. The van der Waals surface area contributed by atoms with E-state index in [1.807, 2.05) is 0 Å². The number of ether oxygens (including phenoxy) is 3. The summed E-state index contributed by atoms with van der Waals surface area (Å²) in [5.41, 5.74) is 8.85. The van der Waals surface area contributed by atoms with E-state index < -0.39 is 0 Å². The molecule has 0 spiro atoms. The van der Waals surface area contributed by atoms with Gasteiger partial charge in [-0.2, -0.15) is 4.57 Å². The van der Waals surface area contributed by atoms with Crippen LogP contribution in [0, 0.1) is 6.92 Å². The fraction of sp³-hybridized carbons (Fsp3) is 0.344. The topological polar surface area (TPSA) is 43.6 Å². The molecular weight excluding hydrogens is 540 g/mol. The number of rotatable bonds is 8. The number of fused-ring (bicyclic) bond motifs is 5. The van der Waals surface area contributed by atoms with E-state index >= 15 is 0 Å². The number of unbranched alkanes of at least 4 members (excludes halogenated alkanes) is 2. The molecule has 2 aliphatic rings. The number of aryl methyl sites for hydroxylation is 3. The van der Waals surface area contributed by atoms with E-state index in [1.165, 1.54) is 57.1 Å². The molecule has 4 aromatic rings. The van der Waals surface area contributed by atoms with Crippen LogP contribution < -0.4 is 41.1 Å². The average Bonchev–Trinajstić information content (AvgIpc) is 3.38. The molecule has 0 radical (unpaired) electrons. The van der Waals surface area contributed by atoms with Gasteiger partial charge in [0.25, 0.3) is 0 Å². The zero-order valence-corrected chi connectivity index (χ0v) is 24.0. The van der Waals surface area contributed by atoms with Gasteiger partial charge in [0, 0.05) is 30.3 Å². The van der Waals surface area contributed by atoms with Crippen LogP contribution in [0.15, 0.2) is 54.7 Å². The van der Waals surface area contributed by atoms with Crippen LogP contribution in [-0.2, 0) is 19.4 Å². The van der Waals surface area contributed by atoms with E-state index in [0.29, 0.717) is 6.79 Å². The minimum absolute atomic E-state index is 0. The van der Waals surface area contributed by atoms with Gasteiger partial charge in [0.2, 0.25) is 12.5 Å². The summed E-state index contributed by atoms with van der Waals surface area (Å²) in [5.74, 6) is 2.59. The van der Waals surface area contributed by atoms with Crippen molar-refractivity contribution in [2.45, 2.75) is 52.5 Å². The molecule has 38 heavy (non-hydrogen) atoms. The Morgan fingerprint density at radius 1 is 0.974 bits per heavy atom. The van der Waals surface area contributed by atoms with Crippen molar-refractivity contribution in [2.24, 2.45) is 0 Å². The van der Waals surface area contributed by atoms with Crippen LogP contribution in [0.25, 0.3) is 22.0 Å². The highest BCUT2D eigenvalue weighted by Gasteiger charge is 2.32. The first-order chi connectivity index (χ1) is 18.2. The maximum atomic E-state index is 5.83. The lowest BCUT2D eigenvalue weighted by molar-refractivity contribution is -0.686. The molecule has 198 valence electrons. The predicted molar refractivity (Wildman–Crippen MR) is 148 cm³/mol. The standard InChI is InChI=1S/C32H34N2O3.BrH/c1-4-5-6-14-33-31-27-19-34-15-13-23-17-29-30(37-20-36-29)18-25(23)32(34)26(24(27)11-12-28(31)35-3)16-22-9-7-21(2)8-10-22;/h7-12,17-19H,4-6,13-16,20H2,1-3H3;1H. The molecule has 1 aromatic heterocycles. The molecule has 1 N–H and O–H groups in total. The Labute approximate surface area is 235 Å². The number of pyridine rings is 1. The van der Waals surface area contributed by atoms with Gasteiger partial charge < -0.3 is 36.5 Å². The van der Waals surface area contributed by atoms with Gasteiger partial charge >= 0.3 is 0 Å². The summed E-state index contributed by atoms with van der Waals surface area (Å²) in [4.78, 5) is 0. The van der Waals surface area contributed by atoms with Crippen LogP contribution in [0.3, 0.4) is 0 Å². The van der Waals surface area contributed by atoms with Crippen LogP contribution >= 0.6 is 0 Å². The number of anilines is 1. The molecule has 5 nitrogen and oxygen atoms in total. The van der Waals surface area contributed by atoms with Gasteiger partial charge in [0.15, 0.2) is 24.2 Å². The van der Waals surface area contributed by atoms with Crippen molar-refractivity contribution < 1.29 is 35.8 Å². The zero-order valence-electron chi connectivity index (χ0n) is 22.4. The number of nitrogens with one attached hydrogen (secondary N) is 1. The van der Waals surface area contributed by atoms with E-state index in [0.717, 1.165) is 55.3 Å². The third-order valence-corrected chi connectivity index (χ3v) is 7.67. The van der Waals surface area contributed by atoms with Crippen molar-refractivity contribution in [1.82, 2.24) is 0 Å². The van der Waals surface area contributed by atoms with Crippen LogP contribution in [-0.4, -0.2) is 20.4 Å². The van der Waals surface area contributed by atoms with Crippen LogP contribution in [0.4, 0.5) is 5.69 Å². The number of methoxy groups -OCH3 is 1. The van der Waals surface area contributed by atoms with Gasteiger partial charge in [-0.25, -0.2) is 0 Å². The van der Waals surface area contributed by atoms with E-state index in [1.54, 1.807) is 7.11 Å². The smallest absolute Gasteiger partial charge is 0.231 e. The van der Waals surface area contributed by atoms with Crippen LogP contribution in [0.5, 0.6) is 17.2 Å². The minimum atomic E-state index is 0. The third-order valence-electron chi connectivity index (χ3n) is 7.67. The molecule has 0 aliphatic carbocycles. The summed E-state index contributed by atoms with van der Waals surface area (Å²) in [5, 5.41) is 6.20. The van der Waals surface area contributed by atoms with Gasteiger partial charge in [0.05, 0.1) is 23.7 Å². The third kappa shape index (κ3) is 4.82. The lowest BCUT2D eigenvalue weighted by Gasteiger charge is -2.22. The number of halogens is 1. The van der Waals surface area contributed by atoms with E-state index in [9.17, 15) is 0 Å². The number of hydrogen-bond donors (Lipinski definition) is 1. The summed E-state index contributed by atoms with van der Waals surface area (Å²) in [6.45, 7) is 6.53. The van der Waals surface area contributed by atoms with Gasteiger partial charge in [-0.3, -0.25) is 0 Å². The first kappa shape index (κ1) is 26.4. The Bertz CT molecular complexity index is 1470. The molecule has 6 rings (SSSR count). The van der Waals surface area contributed by atoms with Gasteiger partial charge in [-0.1, -0.05) is 49.6 Å². The Morgan fingerprint density at radius 2 is 1.76 bits per heavy atom. The van der Waals surface area contributed by atoms with Crippen molar-refractivity contribution in [3.05, 3.63) is 77.0 Å². The Kier molecular flexibility index (Phi) is 7.80. The van der Waals surface area contributed by atoms with E-state index in [4.69, 9.17) is 14.2 Å². The molecule has 6 heteroatoms. The molecular formula is C32H35BrN2O3. The largest absolute Gasteiger partial charge is 1.00 e. The molecule has 3 heterocycles. The predicted octanol–water partition coefficient (Wildman–Crippen LogP) is 3.59. The number of benzene rings is 3. The number of nitrogens with zero attached hydrogens (tertiary/aromatic N) is 1. The first-order valence-corrected chi connectivity index (χ1v) is 13.4. The molecule has 0 fully saturated rings.